The van der Waals surface area contributed by atoms with Crippen LogP contribution in [0, 0.1) is 0 Å². The first kappa shape index (κ1) is 14.6. The van der Waals surface area contributed by atoms with Gasteiger partial charge >= 0.3 is 5.63 Å². The van der Waals surface area contributed by atoms with Gasteiger partial charge in [0.15, 0.2) is 0 Å². The van der Waals surface area contributed by atoms with E-state index >= 15 is 0 Å². The molecule has 0 spiro atoms. The van der Waals surface area contributed by atoms with E-state index in [4.69, 9.17) is 9.15 Å². The molecule has 2 rings (SSSR count). The van der Waals surface area contributed by atoms with Gasteiger partial charge in [-0.05, 0) is 18.6 Å². The fraction of sp³-hybridized carbons (Fsp3) is 0.400. The molecule has 0 unspecified atom stereocenters. The first-order chi connectivity index (χ1) is 9.67. The highest BCUT2D eigenvalue weighted by atomic mass is 16.5. The minimum absolute atomic E-state index is 0.129. The zero-order chi connectivity index (χ0) is 14.5. The number of hydrogen-bond donors (Lipinski definition) is 2. The van der Waals surface area contributed by atoms with Crippen molar-refractivity contribution >= 4 is 11.0 Å². The molecule has 1 atom stereocenters. The zero-order valence-electron chi connectivity index (χ0n) is 11.8. The number of fused-ring (bicyclic) bond motifs is 1. The number of hydrogen-bond acceptors (Lipinski definition) is 4. The zero-order valence-corrected chi connectivity index (χ0v) is 11.8. The summed E-state index contributed by atoms with van der Waals surface area (Å²) in [5, 5.41) is 12.1. The highest BCUT2D eigenvalue weighted by Gasteiger charge is 2.12. The van der Waals surface area contributed by atoms with Gasteiger partial charge in [-0.2, -0.15) is 0 Å². The molecule has 0 saturated heterocycles. The van der Waals surface area contributed by atoms with Crippen LogP contribution in [0.5, 0.6) is 5.75 Å². The maximum Gasteiger partial charge on any atom is 0.336 e. The largest absolute Gasteiger partial charge is 0.497 e. The van der Waals surface area contributed by atoms with Crippen molar-refractivity contribution in [3.63, 3.8) is 0 Å². The molecule has 20 heavy (non-hydrogen) atoms. The summed E-state index contributed by atoms with van der Waals surface area (Å²) in [7, 11) is 1.57. The summed E-state index contributed by atoms with van der Waals surface area (Å²) in [5.74, 6) is 0.656. The fourth-order valence-corrected chi connectivity index (χ4v) is 2.17. The highest BCUT2D eigenvalue weighted by molar-refractivity contribution is 5.81. The van der Waals surface area contributed by atoms with Gasteiger partial charge in [0, 0.05) is 23.1 Å². The Morgan fingerprint density at radius 3 is 2.85 bits per heavy atom. The number of ether oxygens (including phenoxy) is 1. The fourth-order valence-electron chi connectivity index (χ4n) is 2.17. The Hall–Kier alpha value is -1.85. The minimum Gasteiger partial charge on any atom is -0.497 e. The summed E-state index contributed by atoms with van der Waals surface area (Å²) >= 11 is 0. The average molecular weight is 278 g/mol. The summed E-state index contributed by atoms with van der Waals surface area (Å²) in [6, 6.07) is 7.10. The predicted molar refractivity (Wildman–Crippen MR) is 75.8 cm³/mol. The maximum absolute atomic E-state index is 11.6. The highest BCUT2D eigenvalue weighted by Crippen LogP contribution is 2.21. The molecule has 0 saturated carbocycles. The van der Waals surface area contributed by atoms with E-state index in [-0.39, 0.29) is 18.3 Å². The van der Waals surface area contributed by atoms with Gasteiger partial charge in [-0.25, -0.2) is 4.79 Å². The van der Waals surface area contributed by atoms with E-state index in [1.54, 1.807) is 13.2 Å². The van der Waals surface area contributed by atoms with Crippen LogP contribution in [-0.4, -0.2) is 24.9 Å². The van der Waals surface area contributed by atoms with Crippen molar-refractivity contribution in [3.05, 3.63) is 40.2 Å². The van der Waals surface area contributed by atoms with Gasteiger partial charge < -0.3 is 19.6 Å². The minimum atomic E-state index is -0.369. The van der Waals surface area contributed by atoms with Gasteiger partial charge in [-0.1, -0.05) is 6.92 Å². The third-order valence-electron chi connectivity index (χ3n) is 3.47. The number of methoxy groups -OCH3 is 1. The lowest BCUT2D eigenvalue weighted by Gasteiger charge is -2.11. The van der Waals surface area contributed by atoms with Gasteiger partial charge in [-0.15, -0.1) is 0 Å². The van der Waals surface area contributed by atoms with Crippen molar-refractivity contribution in [1.82, 2.24) is 0 Å². The lowest BCUT2D eigenvalue weighted by atomic mass is 10.1. The van der Waals surface area contributed by atoms with E-state index in [0.29, 0.717) is 17.9 Å². The van der Waals surface area contributed by atoms with Gasteiger partial charge in [-0.3, -0.25) is 0 Å². The molecule has 108 valence electrons. The van der Waals surface area contributed by atoms with Crippen LogP contribution in [0.1, 0.15) is 18.9 Å². The van der Waals surface area contributed by atoms with E-state index in [9.17, 15) is 9.90 Å². The third-order valence-corrected chi connectivity index (χ3v) is 3.47. The number of benzene rings is 1. The van der Waals surface area contributed by atoms with Crippen molar-refractivity contribution < 1.29 is 19.6 Å². The average Bonchev–Trinajstić information content (AvgIpc) is 2.47. The predicted octanol–water partition coefficient (Wildman–Crippen LogP) is 0.636. The molecule has 0 amide bonds. The monoisotopic (exact) mass is 278 g/mol. The molecule has 1 aromatic heterocycles. The van der Waals surface area contributed by atoms with E-state index in [1.165, 1.54) is 6.07 Å². The summed E-state index contributed by atoms with van der Waals surface area (Å²) < 4.78 is 10.3. The molecule has 1 heterocycles. The van der Waals surface area contributed by atoms with E-state index < -0.39 is 0 Å². The summed E-state index contributed by atoms with van der Waals surface area (Å²) in [5.41, 5.74) is 1.06. The van der Waals surface area contributed by atoms with Crippen molar-refractivity contribution in [2.75, 3.05) is 13.7 Å². The number of aliphatic hydroxyl groups excluding tert-OH is 1. The van der Waals surface area contributed by atoms with Crippen LogP contribution in [0.25, 0.3) is 11.0 Å². The van der Waals surface area contributed by atoms with Crippen LogP contribution < -0.4 is 15.7 Å². The first-order valence-corrected chi connectivity index (χ1v) is 6.73. The van der Waals surface area contributed by atoms with E-state index in [2.05, 4.69) is 0 Å². The summed E-state index contributed by atoms with van der Waals surface area (Å²) in [6.07, 6.45) is 0.879. The Kier molecular flexibility index (Phi) is 4.76. The second kappa shape index (κ2) is 6.54. The molecule has 5 nitrogen and oxygen atoms in total. The molecule has 3 N–H and O–H groups in total. The Labute approximate surface area is 117 Å². The Bertz CT molecular complexity index is 631. The van der Waals surface area contributed by atoms with Crippen LogP contribution in [0.4, 0.5) is 0 Å². The van der Waals surface area contributed by atoms with Crippen molar-refractivity contribution in [2.24, 2.45) is 0 Å². The van der Waals surface area contributed by atoms with E-state index in [0.717, 1.165) is 17.4 Å². The molecule has 0 fully saturated rings. The number of rotatable bonds is 6. The van der Waals surface area contributed by atoms with Crippen LogP contribution in [0.15, 0.2) is 33.5 Å². The molecule has 0 radical (unpaired) electrons. The number of aliphatic hydroxyl groups is 1. The third kappa shape index (κ3) is 3.18. The van der Waals surface area contributed by atoms with Crippen LogP contribution in [0.3, 0.4) is 0 Å². The quantitative estimate of drug-likeness (QED) is 0.760. The number of nitrogens with two attached hydrogens (primary N) is 1. The van der Waals surface area contributed by atoms with Crippen molar-refractivity contribution in [3.8, 4) is 5.75 Å². The number of quaternary nitrogens is 1. The normalized spacial score (nSPS) is 12.6. The van der Waals surface area contributed by atoms with Crippen LogP contribution >= 0.6 is 0 Å². The maximum atomic E-state index is 11.6. The first-order valence-electron chi connectivity index (χ1n) is 6.73. The van der Waals surface area contributed by atoms with Gasteiger partial charge in [0.2, 0.25) is 0 Å². The van der Waals surface area contributed by atoms with Gasteiger partial charge in [0.05, 0.1) is 13.7 Å². The van der Waals surface area contributed by atoms with Crippen LogP contribution in [0.2, 0.25) is 0 Å². The second-order valence-electron chi connectivity index (χ2n) is 4.74. The molecular weight excluding hydrogens is 258 g/mol. The summed E-state index contributed by atoms with van der Waals surface area (Å²) in [6.45, 7) is 2.79. The topological polar surface area (TPSA) is 76.3 Å². The Morgan fingerprint density at radius 1 is 1.40 bits per heavy atom. The molecule has 0 aliphatic rings. The molecule has 0 aliphatic heterocycles. The van der Waals surface area contributed by atoms with E-state index in [1.807, 2.05) is 24.4 Å². The smallest absolute Gasteiger partial charge is 0.336 e. The molecule has 1 aromatic carbocycles. The van der Waals surface area contributed by atoms with Gasteiger partial charge in [0.1, 0.15) is 23.9 Å². The second-order valence-corrected chi connectivity index (χ2v) is 4.74. The molecule has 0 bridgehead atoms. The van der Waals surface area contributed by atoms with Crippen LogP contribution in [-0.2, 0) is 6.54 Å². The van der Waals surface area contributed by atoms with Gasteiger partial charge in [0.25, 0.3) is 0 Å². The summed E-state index contributed by atoms with van der Waals surface area (Å²) in [4.78, 5) is 11.6. The molecular formula is C15H20NO4+. The Morgan fingerprint density at radius 2 is 2.20 bits per heavy atom. The van der Waals surface area contributed by atoms with Crippen molar-refractivity contribution in [1.29, 1.82) is 0 Å². The molecule has 0 aliphatic carbocycles. The molecule has 5 heteroatoms. The Balaban J connectivity index is 2.35. The SMILES string of the molecule is CC[C@@H](CO)[NH2+]Cc1cc(=O)oc2cc(OC)ccc12. The standard InChI is InChI=1S/C15H19NO4/c1-3-11(9-17)16-8-10-6-15(18)20-14-7-12(19-2)4-5-13(10)14/h4-7,11,16-17H,3,8-9H2,1-2H3/p+1/t11-/m0/s1. The van der Waals surface area contributed by atoms with Crippen molar-refractivity contribution in [2.45, 2.75) is 25.9 Å². The molecule has 2 aromatic rings. The lowest BCUT2D eigenvalue weighted by molar-refractivity contribution is -0.706. The lowest BCUT2D eigenvalue weighted by Crippen LogP contribution is -2.89.